The van der Waals surface area contributed by atoms with Crippen molar-refractivity contribution < 1.29 is 19.1 Å². The van der Waals surface area contributed by atoms with Crippen LogP contribution in [0.4, 0.5) is 0 Å². The molecule has 1 fully saturated rings. The molecule has 1 saturated heterocycles. The number of methoxy groups -OCH3 is 2. The number of rotatable bonds is 5. The summed E-state index contributed by atoms with van der Waals surface area (Å²) in [4.78, 5) is 32.7. The monoisotopic (exact) mass is 369 g/mol. The van der Waals surface area contributed by atoms with Gasteiger partial charge in [0.1, 0.15) is 11.5 Å². The number of aromatic nitrogens is 1. The summed E-state index contributed by atoms with van der Waals surface area (Å²) in [5.74, 6) is 1.33. The van der Waals surface area contributed by atoms with E-state index in [2.05, 4.69) is 4.98 Å². The molecule has 0 atom stereocenters. The predicted octanol–water partition coefficient (Wildman–Crippen LogP) is 1.63. The number of amides is 2. The highest BCUT2D eigenvalue weighted by molar-refractivity contribution is 5.94. The van der Waals surface area contributed by atoms with Crippen molar-refractivity contribution in [3.8, 4) is 11.5 Å². The SMILES string of the molecule is COc1ccc(OC)c(CC(=O)N2CCN(C(=O)c3ccncc3)CC2)c1. The molecule has 1 aromatic heterocycles. The Bertz CT molecular complexity index is 802. The van der Waals surface area contributed by atoms with Gasteiger partial charge in [-0.15, -0.1) is 0 Å². The third kappa shape index (κ3) is 4.36. The summed E-state index contributed by atoms with van der Waals surface area (Å²) >= 11 is 0. The standard InChI is InChI=1S/C20H23N3O4/c1-26-17-3-4-18(27-2)16(13-17)14-19(24)22-9-11-23(12-10-22)20(25)15-5-7-21-8-6-15/h3-8,13H,9-12,14H2,1-2H3. The number of benzene rings is 1. The molecule has 2 amide bonds. The molecule has 1 aromatic carbocycles. The number of hydrogen-bond acceptors (Lipinski definition) is 5. The van der Waals surface area contributed by atoms with E-state index in [0.717, 1.165) is 5.56 Å². The normalized spacial score (nSPS) is 14.0. The number of pyridine rings is 1. The highest BCUT2D eigenvalue weighted by Crippen LogP contribution is 2.25. The van der Waals surface area contributed by atoms with E-state index in [1.54, 1.807) is 60.7 Å². The first-order valence-corrected chi connectivity index (χ1v) is 8.80. The first-order valence-electron chi connectivity index (χ1n) is 8.80. The Labute approximate surface area is 158 Å². The molecule has 0 radical (unpaired) electrons. The molecule has 0 aliphatic carbocycles. The largest absolute Gasteiger partial charge is 0.497 e. The summed E-state index contributed by atoms with van der Waals surface area (Å²) in [7, 11) is 3.17. The zero-order valence-electron chi connectivity index (χ0n) is 15.6. The maximum absolute atomic E-state index is 12.7. The van der Waals surface area contributed by atoms with Gasteiger partial charge in [-0.25, -0.2) is 0 Å². The fourth-order valence-electron chi connectivity index (χ4n) is 3.13. The molecule has 7 nitrogen and oxygen atoms in total. The van der Waals surface area contributed by atoms with Crippen molar-refractivity contribution in [2.75, 3.05) is 40.4 Å². The van der Waals surface area contributed by atoms with Crippen molar-refractivity contribution in [2.24, 2.45) is 0 Å². The van der Waals surface area contributed by atoms with Gasteiger partial charge in [0.2, 0.25) is 5.91 Å². The molecule has 2 heterocycles. The second-order valence-corrected chi connectivity index (χ2v) is 6.26. The van der Waals surface area contributed by atoms with Crippen LogP contribution >= 0.6 is 0 Å². The molecule has 7 heteroatoms. The Morgan fingerprint density at radius 2 is 1.63 bits per heavy atom. The van der Waals surface area contributed by atoms with Crippen LogP contribution in [0.3, 0.4) is 0 Å². The van der Waals surface area contributed by atoms with Gasteiger partial charge < -0.3 is 19.3 Å². The van der Waals surface area contributed by atoms with E-state index >= 15 is 0 Å². The molecule has 0 unspecified atom stereocenters. The Morgan fingerprint density at radius 3 is 2.26 bits per heavy atom. The lowest BCUT2D eigenvalue weighted by Crippen LogP contribution is -2.51. The van der Waals surface area contributed by atoms with Crippen LogP contribution in [0.1, 0.15) is 15.9 Å². The fourth-order valence-corrected chi connectivity index (χ4v) is 3.13. The van der Waals surface area contributed by atoms with Crippen molar-refractivity contribution >= 4 is 11.8 Å². The van der Waals surface area contributed by atoms with Gasteiger partial charge >= 0.3 is 0 Å². The minimum absolute atomic E-state index is 0.0116. The lowest BCUT2D eigenvalue weighted by Gasteiger charge is -2.35. The topological polar surface area (TPSA) is 72.0 Å². The molecule has 1 aliphatic heterocycles. The van der Waals surface area contributed by atoms with Crippen LogP contribution in [0.15, 0.2) is 42.7 Å². The average Bonchev–Trinajstić information content (AvgIpc) is 2.73. The minimum Gasteiger partial charge on any atom is -0.497 e. The zero-order valence-corrected chi connectivity index (χ0v) is 15.6. The Balaban J connectivity index is 1.60. The second-order valence-electron chi connectivity index (χ2n) is 6.26. The first kappa shape index (κ1) is 18.7. The summed E-state index contributed by atoms with van der Waals surface area (Å²) in [5.41, 5.74) is 1.41. The molecule has 142 valence electrons. The average molecular weight is 369 g/mol. The lowest BCUT2D eigenvalue weighted by atomic mass is 10.1. The van der Waals surface area contributed by atoms with Gasteiger partial charge in [0.25, 0.3) is 5.91 Å². The van der Waals surface area contributed by atoms with Crippen molar-refractivity contribution in [1.82, 2.24) is 14.8 Å². The van der Waals surface area contributed by atoms with Crippen LogP contribution in [0.2, 0.25) is 0 Å². The van der Waals surface area contributed by atoms with E-state index in [1.807, 2.05) is 6.07 Å². The van der Waals surface area contributed by atoms with E-state index in [-0.39, 0.29) is 18.2 Å². The van der Waals surface area contributed by atoms with Gasteiger partial charge in [0, 0.05) is 49.7 Å². The highest BCUT2D eigenvalue weighted by Gasteiger charge is 2.25. The van der Waals surface area contributed by atoms with Crippen LogP contribution < -0.4 is 9.47 Å². The van der Waals surface area contributed by atoms with E-state index in [9.17, 15) is 9.59 Å². The third-order valence-electron chi connectivity index (χ3n) is 4.68. The van der Waals surface area contributed by atoms with E-state index < -0.39 is 0 Å². The molecule has 0 N–H and O–H groups in total. The van der Waals surface area contributed by atoms with E-state index in [4.69, 9.17) is 9.47 Å². The van der Waals surface area contributed by atoms with E-state index in [0.29, 0.717) is 43.2 Å². The lowest BCUT2D eigenvalue weighted by molar-refractivity contribution is -0.131. The quantitative estimate of drug-likeness (QED) is 0.801. The summed E-state index contributed by atoms with van der Waals surface area (Å²) < 4.78 is 10.6. The fraction of sp³-hybridized carbons (Fsp3) is 0.350. The van der Waals surface area contributed by atoms with Crippen LogP contribution in [-0.2, 0) is 11.2 Å². The minimum atomic E-state index is -0.0287. The molecule has 0 bridgehead atoms. The summed E-state index contributed by atoms with van der Waals surface area (Å²) in [6.07, 6.45) is 3.45. The number of hydrogen-bond donors (Lipinski definition) is 0. The van der Waals surface area contributed by atoms with Gasteiger partial charge in [-0.3, -0.25) is 14.6 Å². The molecular weight excluding hydrogens is 346 g/mol. The van der Waals surface area contributed by atoms with Crippen LogP contribution in [0, 0.1) is 0 Å². The number of carbonyl (C=O) groups excluding carboxylic acids is 2. The smallest absolute Gasteiger partial charge is 0.254 e. The number of piperazine rings is 1. The first-order chi connectivity index (χ1) is 13.1. The van der Waals surface area contributed by atoms with Crippen molar-refractivity contribution in [3.05, 3.63) is 53.9 Å². The molecule has 27 heavy (non-hydrogen) atoms. The summed E-state index contributed by atoms with van der Waals surface area (Å²) in [6.45, 7) is 2.06. The maximum Gasteiger partial charge on any atom is 0.254 e. The zero-order chi connectivity index (χ0) is 19.2. The van der Waals surface area contributed by atoms with Gasteiger partial charge in [0.15, 0.2) is 0 Å². The number of carbonyl (C=O) groups is 2. The molecule has 2 aromatic rings. The van der Waals surface area contributed by atoms with Crippen molar-refractivity contribution in [1.29, 1.82) is 0 Å². The molecule has 3 rings (SSSR count). The molecule has 0 spiro atoms. The summed E-state index contributed by atoms with van der Waals surface area (Å²) in [6, 6.07) is 8.83. The van der Waals surface area contributed by atoms with Crippen molar-refractivity contribution in [3.63, 3.8) is 0 Å². The Morgan fingerprint density at radius 1 is 0.963 bits per heavy atom. The van der Waals surface area contributed by atoms with Crippen molar-refractivity contribution in [2.45, 2.75) is 6.42 Å². The number of nitrogens with zero attached hydrogens (tertiary/aromatic N) is 3. The Hall–Kier alpha value is -3.09. The van der Waals surface area contributed by atoms with Gasteiger partial charge in [0.05, 0.1) is 20.6 Å². The molecule has 0 saturated carbocycles. The van der Waals surface area contributed by atoms with Crippen LogP contribution in [0.5, 0.6) is 11.5 Å². The maximum atomic E-state index is 12.7. The van der Waals surface area contributed by atoms with Gasteiger partial charge in [-0.2, -0.15) is 0 Å². The van der Waals surface area contributed by atoms with Crippen LogP contribution in [-0.4, -0.2) is 67.0 Å². The predicted molar refractivity (Wildman–Crippen MR) is 100.0 cm³/mol. The number of ether oxygens (including phenoxy) is 2. The second kappa shape index (κ2) is 8.53. The van der Waals surface area contributed by atoms with Gasteiger partial charge in [-0.1, -0.05) is 0 Å². The Kier molecular flexibility index (Phi) is 5.90. The molecular formula is C20H23N3O4. The molecule has 1 aliphatic rings. The van der Waals surface area contributed by atoms with E-state index in [1.165, 1.54) is 0 Å². The highest BCUT2D eigenvalue weighted by atomic mass is 16.5. The third-order valence-corrected chi connectivity index (χ3v) is 4.68. The van der Waals surface area contributed by atoms with Crippen LogP contribution in [0.25, 0.3) is 0 Å². The summed E-state index contributed by atoms with van der Waals surface area (Å²) in [5, 5.41) is 0. The van der Waals surface area contributed by atoms with Gasteiger partial charge in [-0.05, 0) is 30.3 Å².